The zero-order valence-electron chi connectivity index (χ0n) is 23.5. The second-order valence-electron chi connectivity index (χ2n) is 10.1. The van der Waals surface area contributed by atoms with E-state index in [-0.39, 0.29) is 0 Å². The maximum Gasteiger partial charge on any atom is 0.00583 e. The summed E-state index contributed by atoms with van der Waals surface area (Å²) in [6.07, 6.45) is 4.50. The van der Waals surface area contributed by atoms with Crippen molar-refractivity contribution in [3.8, 4) is 0 Å². The normalized spacial score (nSPS) is 10.1. The predicted molar refractivity (Wildman–Crippen MR) is 156 cm³/mol. The van der Waals surface area contributed by atoms with Crippen LogP contribution in [-0.2, 0) is 12.8 Å². The zero-order valence-corrected chi connectivity index (χ0v) is 23.5. The van der Waals surface area contributed by atoms with Crippen LogP contribution in [0.1, 0.15) is 86.3 Å². The molecule has 1 N–H and O–H groups in total. The fourth-order valence-electron chi connectivity index (χ4n) is 3.43. The van der Waals surface area contributed by atoms with Crippen LogP contribution in [0.25, 0.3) is 10.8 Å². The van der Waals surface area contributed by atoms with Crippen LogP contribution in [-0.4, -0.2) is 5.71 Å². The van der Waals surface area contributed by atoms with Crippen molar-refractivity contribution >= 4 is 16.5 Å². The Morgan fingerprint density at radius 1 is 0.618 bits per heavy atom. The topological polar surface area (TPSA) is 23.9 Å². The highest BCUT2D eigenvalue weighted by Crippen LogP contribution is 2.17. The Labute approximate surface area is 211 Å². The molecule has 0 radical (unpaired) electrons. The molecule has 0 spiro atoms. The second-order valence-corrected chi connectivity index (χ2v) is 10.1. The fourth-order valence-corrected chi connectivity index (χ4v) is 3.43. The molecule has 0 saturated heterocycles. The van der Waals surface area contributed by atoms with Crippen LogP contribution in [0, 0.1) is 23.2 Å². The first-order valence-corrected chi connectivity index (χ1v) is 13.2. The third-order valence-corrected chi connectivity index (χ3v) is 5.04. The zero-order chi connectivity index (χ0) is 25.9. The first-order chi connectivity index (χ1) is 16.2. The fraction of sp³-hybridized carbons (Fsp3) is 0.485. The summed E-state index contributed by atoms with van der Waals surface area (Å²) in [7, 11) is 0. The molecule has 0 aromatic heterocycles. The van der Waals surface area contributed by atoms with Gasteiger partial charge in [0.05, 0.1) is 0 Å². The van der Waals surface area contributed by atoms with Crippen molar-refractivity contribution in [2.24, 2.45) is 17.8 Å². The quantitative estimate of drug-likeness (QED) is 0.338. The number of hydrogen-bond acceptors (Lipinski definition) is 1. The molecule has 0 heterocycles. The number of nitrogens with one attached hydrogen (secondary N) is 1. The third kappa shape index (κ3) is 16.2. The largest absolute Gasteiger partial charge is 0.310 e. The molecule has 0 fully saturated rings. The van der Waals surface area contributed by atoms with Gasteiger partial charge in [0.15, 0.2) is 0 Å². The van der Waals surface area contributed by atoms with E-state index in [1.54, 1.807) is 0 Å². The Hall–Kier alpha value is -2.41. The molecular formula is C33H51N. The van der Waals surface area contributed by atoms with Gasteiger partial charge in [0.2, 0.25) is 0 Å². The van der Waals surface area contributed by atoms with E-state index in [4.69, 9.17) is 5.41 Å². The molecule has 3 aromatic rings. The van der Waals surface area contributed by atoms with E-state index < -0.39 is 0 Å². The summed E-state index contributed by atoms with van der Waals surface area (Å²) < 4.78 is 0. The minimum absolute atomic E-state index is 0.733. The number of fused-ring (bicyclic) bond motifs is 1. The number of hydrogen-bond donors (Lipinski definition) is 1. The minimum atomic E-state index is 0.733. The smallest absolute Gasteiger partial charge is 0.00583 e. The summed E-state index contributed by atoms with van der Waals surface area (Å²) in [5.41, 5.74) is 3.69. The molecule has 188 valence electrons. The van der Waals surface area contributed by atoms with Crippen LogP contribution in [0.3, 0.4) is 0 Å². The Bertz CT molecular complexity index is 891. The van der Waals surface area contributed by atoms with E-state index in [0.717, 1.165) is 36.3 Å². The molecule has 3 aromatic carbocycles. The van der Waals surface area contributed by atoms with Crippen LogP contribution >= 0.6 is 0 Å². The molecule has 1 nitrogen and oxygen atoms in total. The third-order valence-electron chi connectivity index (χ3n) is 5.04. The van der Waals surface area contributed by atoms with Gasteiger partial charge in [0, 0.05) is 5.71 Å². The highest BCUT2D eigenvalue weighted by Gasteiger charge is 1.99. The van der Waals surface area contributed by atoms with E-state index >= 15 is 0 Å². The molecule has 0 atom stereocenters. The van der Waals surface area contributed by atoms with E-state index in [1.165, 1.54) is 34.7 Å². The van der Waals surface area contributed by atoms with Crippen molar-refractivity contribution in [2.45, 2.75) is 88.0 Å². The summed E-state index contributed by atoms with van der Waals surface area (Å²) in [4.78, 5) is 0. The van der Waals surface area contributed by atoms with E-state index in [2.05, 4.69) is 114 Å². The molecule has 34 heavy (non-hydrogen) atoms. The van der Waals surface area contributed by atoms with Gasteiger partial charge in [-0.15, -0.1) is 0 Å². The van der Waals surface area contributed by atoms with Gasteiger partial charge in [-0.05, 0) is 72.3 Å². The summed E-state index contributed by atoms with van der Waals surface area (Å²) in [6.45, 7) is 19.2. The molecule has 0 aliphatic heterocycles. The van der Waals surface area contributed by atoms with Crippen LogP contribution < -0.4 is 0 Å². The Morgan fingerprint density at radius 3 is 1.59 bits per heavy atom. The maximum absolute atomic E-state index is 7.09. The summed E-state index contributed by atoms with van der Waals surface area (Å²) >= 11 is 0. The van der Waals surface area contributed by atoms with Gasteiger partial charge < -0.3 is 5.41 Å². The van der Waals surface area contributed by atoms with Gasteiger partial charge >= 0.3 is 0 Å². The van der Waals surface area contributed by atoms with Gasteiger partial charge in [-0.2, -0.15) is 0 Å². The average molecular weight is 462 g/mol. The van der Waals surface area contributed by atoms with Crippen LogP contribution in [0.15, 0.2) is 72.8 Å². The second kappa shape index (κ2) is 19.0. The lowest BCUT2D eigenvalue weighted by Crippen LogP contribution is -1.93. The lowest BCUT2D eigenvalue weighted by molar-refractivity contribution is 0.602. The highest BCUT2D eigenvalue weighted by atomic mass is 14.4. The lowest BCUT2D eigenvalue weighted by Gasteiger charge is -2.06. The Kier molecular flexibility index (Phi) is 17.6. The Morgan fingerprint density at radius 2 is 1.12 bits per heavy atom. The Balaban J connectivity index is 0.000000484. The standard InChI is InChI=1S/C14H16.C10H14.C7H15N.C2H6/c1-11(2)9-12-7-8-13-5-3-4-6-14(13)10-12;1-9(2)8-10-6-4-3-5-7-10;1-6(2)4-5-7(3)8;1-2/h3-8,10-11H,9H2,1-2H3;3-7,9H,8H2,1-2H3;6,8H,4-5H2,1-3H3;1-2H3. The van der Waals surface area contributed by atoms with Crippen molar-refractivity contribution in [2.75, 3.05) is 0 Å². The van der Waals surface area contributed by atoms with Crippen molar-refractivity contribution in [3.05, 3.63) is 83.9 Å². The molecule has 0 saturated carbocycles. The van der Waals surface area contributed by atoms with Crippen molar-refractivity contribution in [1.82, 2.24) is 0 Å². The van der Waals surface area contributed by atoms with Gasteiger partial charge in [-0.3, -0.25) is 0 Å². The molecule has 0 aliphatic rings. The molecule has 0 unspecified atom stereocenters. The van der Waals surface area contributed by atoms with Crippen molar-refractivity contribution < 1.29 is 0 Å². The molecule has 0 bridgehead atoms. The number of benzene rings is 3. The first-order valence-electron chi connectivity index (χ1n) is 13.2. The summed E-state index contributed by atoms with van der Waals surface area (Å²) in [5.74, 6) is 2.24. The van der Waals surface area contributed by atoms with Gasteiger partial charge in [0.25, 0.3) is 0 Å². The van der Waals surface area contributed by atoms with E-state index in [0.29, 0.717) is 0 Å². The monoisotopic (exact) mass is 461 g/mol. The predicted octanol–water partition coefficient (Wildman–Crippen LogP) is 10.4. The van der Waals surface area contributed by atoms with Gasteiger partial charge in [-0.25, -0.2) is 0 Å². The maximum atomic E-state index is 7.09. The van der Waals surface area contributed by atoms with Crippen LogP contribution in [0.2, 0.25) is 0 Å². The SMILES string of the molecule is CC.CC(=N)CCC(C)C.CC(C)Cc1ccc2ccccc2c1.CC(C)Cc1ccccc1. The average Bonchev–Trinajstić information content (AvgIpc) is 2.80. The summed E-state index contributed by atoms with van der Waals surface area (Å²) in [5, 5.41) is 9.77. The van der Waals surface area contributed by atoms with Crippen LogP contribution in [0.4, 0.5) is 0 Å². The lowest BCUT2D eigenvalue weighted by atomic mass is 10.00. The molecular weight excluding hydrogens is 410 g/mol. The van der Waals surface area contributed by atoms with Gasteiger partial charge in [0.1, 0.15) is 0 Å². The highest BCUT2D eigenvalue weighted by molar-refractivity contribution is 5.83. The van der Waals surface area contributed by atoms with Crippen molar-refractivity contribution in [3.63, 3.8) is 0 Å². The summed E-state index contributed by atoms with van der Waals surface area (Å²) in [6, 6.07) is 25.9. The first kappa shape index (κ1) is 31.6. The minimum Gasteiger partial charge on any atom is -0.310 e. The molecule has 1 heteroatoms. The van der Waals surface area contributed by atoms with E-state index in [9.17, 15) is 0 Å². The molecule has 0 aliphatic carbocycles. The van der Waals surface area contributed by atoms with E-state index in [1.807, 2.05) is 20.8 Å². The molecule has 3 rings (SSSR count). The molecule has 0 amide bonds. The van der Waals surface area contributed by atoms with Gasteiger partial charge in [-0.1, -0.05) is 128 Å². The number of rotatable bonds is 7. The van der Waals surface area contributed by atoms with Crippen molar-refractivity contribution in [1.29, 1.82) is 5.41 Å². The van der Waals surface area contributed by atoms with Crippen LogP contribution in [0.5, 0.6) is 0 Å².